The summed E-state index contributed by atoms with van der Waals surface area (Å²) >= 11 is 2.20. The average Bonchev–Trinajstić information content (AvgIpc) is 3.40. The summed E-state index contributed by atoms with van der Waals surface area (Å²) in [5, 5.41) is 0. The van der Waals surface area contributed by atoms with Crippen molar-refractivity contribution in [3.8, 4) is 0 Å². The van der Waals surface area contributed by atoms with Crippen molar-refractivity contribution in [3.63, 3.8) is 0 Å². The van der Waals surface area contributed by atoms with Gasteiger partial charge in [-0.05, 0) is 45.0 Å². The lowest BCUT2D eigenvalue weighted by atomic mass is 9.76. The summed E-state index contributed by atoms with van der Waals surface area (Å²) in [6.07, 6.45) is -1.08. The Hall–Kier alpha value is -2.31. The van der Waals surface area contributed by atoms with E-state index in [1.807, 2.05) is 121 Å². The van der Waals surface area contributed by atoms with Gasteiger partial charge in [0.05, 0.1) is 0 Å². The molecule has 7 heteroatoms. The highest BCUT2D eigenvalue weighted by Crippen LogP contribution is 2.81. The first-order chi connectivity index (χ1) is 17.6. The highest BCUT2D eigenvalue weighted by atomic mass is 33.1. The van der Waals surface area contributed by atoms with E-state index in [0.29, 0.717) is 0 Å². The molecule has 0 aromatic heterocycles. The van der Waals surface area contributed by atoms with Crippen LogP contribution in [0.1, 0.15) is 22.3 Å². The molecular weight excluding hydrogens is 507 g/mol. The topological polar surface area (TPSA) is 55.8 Å². The van der Waals surface area contributed by atoms with E-state index < -0.39 is 27.5 Å². The minimum atomic E-state index is -3.92. The molecule has 182 valence electrons. The Kier molecular flexibility index (Phi) is 6.37. The summed E-state index contributed by atoms with van der Waals surface area (Å²) in [6.45, 7) is 0.106. The maximum absolute atomic E-state index is 14.4. The summed E-state index contributed by atoms with van der Waals surface area (Å²) in [5.74, 6) is -3.92. The van der Waals surface area contributed by atoms with Gasteiger partial charge in [-0.25, -0.2) is 0 Å². The fourth-order valence-electron chi connectivity index (χ4n) is 5.45. The van der Waals surface area contributed by atoms with Crippen molar-refractivity contribution in [3.05, 3.63) is 144 Å². The van der Waals surface area contributed by atoms with Crippen molar-refractivity contribution in [2.75, 3.05) is 6.79 Å². The zero-order chi connectivity index (χ0) is 24.6. The number of benzene rings is 4. The highest BCUT2D eigenvalue weighted by molar-refractivity contribution is 8.89. The lowest BCUT2D eigenvalue weighted by Crippen LogP contribution is -2.50. The molecule has 2 saturated heterocycles. The lowest BCUT2D eigenvalue weighted by Gasteiger charge is -2.42. The monoisotopic (exact) mass is 532 g/mol. The maximum Gasteiger partial charge on any atom is 0.313 e. The molecule has 0 bridgehead atoms. The van der Waals surface area contributed by atoms with Gasteiger partial charge in [-0.2, -0.15) is 0 Å². The predicted molar refractivity (Wildman–Crippen MR) is 147 cm³/mol. The van der Waals surface area contributed by atoms with Gasteiger partial charge in [-0.3, -0.25) is 4.57 Å². The van der Waals surface area contributed by atoms with Crippen LogP contribution in [-0.2, 0) is 23.5 Å². The minimum Gasteiger partial charge on any atom is -0.347 e. The van der Waals surface area contributed by atoms with E-state index in [-0.39, 0.29) is 6.79 Å². The van der Waals surface area contributed by atoms with Crippen molar-refractivity contribution in [2.45, 2.75) is 21.7 Å². The van der Waals surface area contributed by atoms with Crippen molar-refractivity contribution < 1.29 is 18.9 Å². The van der Waals surface area contributed by atoms with E-state index >= 15 is 0 Å². The van der Waals surface area contributed by atoms with Crippen LogP contribution in [0, 0.1) is 0 Å². The fourth-order valence-corrected chi connectivity index (χ4v) is 14.4. The third kappa shape index (κ3) is 3.88. The first-order valence-electron chi connectivity index (χ1n) is 11.8. The van der Waals surface area contributed by atoms with Crippen molar-refractivity contribution in [1.82, 2.24) is 0 Å². The molecule has 36 heavy (non-hydrogen) atoms. The van der Waals surface area contributed by atoms with Crippen molar-refractivity contribution in [1.29, 1.82) is 0 Å². The molecule has 2 fully saturated rings. The molecule has 1 N–H and O–H groups in total. The van der Waals surface area contributed by atoms with Gasteiger partial charge in [0, 0.05) is 0 Å². The Balaban J connectivity index is 1.68. The molecule has 2 heterocycles. The van der Waals surface area contributed by atoms with Crippen LogP contribution in [0.3, 0.4) is 0 Å². The third-order valence-corrected chi connectivity index (χ3v) is 13.8. The van der Waals surface area contributed by atoms with E-state index in [4.69, 9.17) is 9.47 Å². The second-order valence-corrected chi connectivity index (χ2v) is 16.2. The molecule has 2 aliphatic heterocycles. The number of ether oxygens (including phenoxy) is 2. The SMILES string of the molecule is O=P1(O)SC(c2ccccc2)(c2ccccc2)C2OCOC2C(c2ccccc2)(c2ccccc2)S1. The number of fused-ring (bicyclic) bond motifs is 1. The van der Waals surface area contributed by atoms with Gasteiger partial charge in [-0.1, -0.05) is 121 Å². The molecule has 0 saturated carbocycles. The second kappa shape index (κ2) is 9.53. The molecule has 0 radical (unpaired) electrons. The largest absolute Gasteiger partial charge is 0.347 e. The average molecular weight is 533 g/mol. The molecule has 4 aromatic rings. The number of rotatable bonds is 4. The predicted octanol–water partition coefficient (Wildman–Crippen LogP) is 7.20. The van der Waals surface area contributed by atoms with Crippen molar-refractivity contribution in [2.24, 2.45) is 0 Å². The van der Waals surface area contributed by atoms with Crippen LogP contribution in [0.15, 0.2) is 121 Å². The standard InChI is InChI=1S/C29H25O4PS2/c30-34(31)35-28(22-13-5-1-6-14-22,23-15-7-2-8-16-23)26-27(33-21-32-26)29(36-34,24-17-9-3-10-18-24)25-19-11-4-12-20-25/h1-20,26-27H,21H2,(H,30,31). The molecule has 4 aromatic carbocycles. The Labute approximate surface area is 219 Å². The van der Waals surface area contributed by atoms with E-state index in [2.05, 4.69) is 0 Å². The normalized spacial score (nSPS) is 26.6. The van der Waals surface area contributed by atoms with Gasteiger partial charge >= 0.3 is 5.77 Å². The summed E-state index contributed by atoms with van der Waals surface area (Å²) in [6, 6.07) is 39.7. The molecule has 2 atom stereocenters. The van der Waals surface area contributed by atoms with Crippen LogP contribution in [0.5, 0.6) is 0 Å². The summed E-state index contributed by atoms with van der Waals surface area (Å²) in [7, 11) is 0. The van der Waals surface area contributed by atoms with Crippen LogP contribution in [0.25, 0.3) is 0 Å². The van der Waals surface area contributed by atoms with Crippen LogP contribution in [-0.4, -0.2) is 23.9 Å². The molecule has 2 aliphatic rings. The van der Waals surface area contributed by atoms with Gasteiger partial charge in [0.1, 0.15) is 28.5 Å². The van der Waals surface area contributed by atoms with Crippen LogP contribution >= 0.6 is 28.5 Å². The maximum atomic E-state index is 14.4. The zero-order valence-electron chi connectivity index (χ0n) is 19.3. The van der Waals surface area contributed by atoms with E-state index in [1.165, 1.54) is 0 Å². The highest BCUT2D eigenvalue weighted by Gasteiger charge is 2.65. The number of hydrogen-bond acceptors (Lipinski definition) is 5. The zero-order valence-corrected chi connectivity index (χ0v) is 21.9. The van der Waals surface area contributed by atoms with Gasteiger partial charge < -0.3 is 14.4 Å². The second-order valence-electron chi connectivity index (χ2n) is 8.88. The molecular formula is C29H25O4PS2. The molecule has 6 rings (SSSR count). The Morgan fingerprint density at radius 3 is 1.14 bits per heavy atom. The quantitative estimate of drug-likeness (QED) is 0.281. The molecule has 0 spiro atoms. The lowest BCUT2D eigenvalue weighted by molar-refractivity contribution is 0.0315. The molecule has 4 nitrogen and oxygen atoms in total. The summed E-state index contributed by atoms with van der Waals surface area (Å²) in [5.41, 5.74) is 3.64. The third-order valence-electron chi connectivity index (χ3n) is 6.90. The fraction of sp³-hybridized carbons (Fsp3) is 0.172. The Morgan fingerprint density at radius 2 is 0.861 bits per heavy atom. The van der Waals surface area contributed by atoms with Crippen molar-refractivity contribution >= 4 is 28.5 Å². The summed E-state index contributed by atoms with van der Waals surface area (Å²) < 4.78 is 25.4. The summed E-state index contributed by atoms with van der Waals surface area (Å²) in [4.78, 5) is 11.8. The van der Waals surface area contributed by atoms with Gasteiger partial charge in [0.15, 0.2) is 0 Å². The van der Waals surface area contributed by atoms with E-state index in [0.717, 1.165) is 45.0 Å². The first kappa shape index (κ1) is 24.1. The Bertz CT molecular complexity index is 1190. The van der Waals surface area contributed by atoms with Gasteiger partial charge in [-0.15, -0.1) is 0 Å². The van der Waals surface area contributed by atoms with Crippen LogP contribution in [0.4, 0.5) is 0 Å². The van der Waals surface area contributed by atoms with Crippen LogP contribution < -0.4 is 0 Å². The van der Waals surface area contributed by atoms with E-state index in [1.54, 1.807) is 0 Å². The molecule has 0 amide bonds. The first-order valence-corrected chi connectivity index (χ1v) is 16.3. The minimum absolute atomic E-state index is 0.106. The van der Waals surface area contributed by atoms with E-state index in [9.17, 15) is 9.46 Å². The Morgan fingerprint density at radius 1 is 0.583 bits per heavy atom. The van der Waals surface area contributed by atoms with Gasteiger partial charge in [0.25, 0.3) is 0 Å². The molecule has 0 aliphatic carbocycles. The van der Waals surface area contributed by atoms with Crippen LogP contribution in [0.2, 0.25) is 0 Å². The smallest absolute Gasteiger partial charge is 0.313 e. The number of hydrogen-bond donors (Lipinski definition) is 1. The van der Waals surface area contributed by atoms with Gasteiger partial charge in [0.2, 0.25) is 0 Å². The molecule has 2 unspecified atom stereocenters.